The predicted molar refractivity (Wildman–Crippen MR) is 97.3 cm³/mol. The molecular weight excluding hydrogens is 370 g/mol. The minimum atomic E-state index is -0.111. The van der Waals surface area contributed by atoms with Gasteiger partial charge in [0, 0.05) is 29.1 Å². The number of Topliss-reactive ketones (excluding diaryl/α,β-unsaturated/α-hetero) is 1. The second-order valence-electron chi connectivity index (χ2n) is 5.54. The lowest BCUT2D eigenvalue weighted by atomic mass is 9.99. The van der Waals surface area contributed by atoms with Crippen LogP contribution < -0.4 is 10.1 Å². The van der Waals surface area contributed by atoms with Crippen LogP contribution in [0.25, 0.3) is 6.08 Å². The van der Waals surface area contributed by atoms with Gasteiger partial charge in [0.25, 0.3) is 0 Å². The molecule has 5 heteroatoms. The van der Waals surface area contributed by atoms with Crippen LogP contribution in [0.3, 0.4) is 0 Å². The summed E-state index contributed by atoms with van der Waals surface area (Å²) in [6, 6.07) is 12.8. The smallest absolute Gasteiger partial charge is 0.221 e. The Morgan fingerprint density at radius 1 is 1.21 bits per heavy atom. The summed E-state index contributed by atoms with van der Waals surface area (Å²) in [5.74, 6) is 0.486. The fraction of sp³-hybridized carbons (Fsp3) is 0.158. The first-order chi connectivity index (χ1) is 11.5. The average molecular weight is 386 g/mol. The van der Waals surface area contributed by atoms with Crippen molar-refractivity contribution in [3.63, 3.8) is 0 Å². The number of fused-ring (bicyclic) bond motifs is 1. The summed E-state index contributed by atoms with van der Waals surface area (Å²) in [5.41, 5.74) is 2.93. The molecule has 1 aliphatic rings. The van der Waals surface area contributed by atoms with E-state index in [9.17, 15) is 9.59 Å². The van der Waals surface area contributed by atoms with Crippen molar-refractivity contribution < 1.29 is 14.3 Å². The molecule has 24 heavy (non-hydrogen) atoms. The van der Waals surface area contributed by atoms with E-state index in [0.29, 0.717) is 29.9 Å². The SMILES string of the molecule is CC(=O)Nc1ccc(/C=C2\CCOc3cc(Br)ccc3C2=O)cc1. The Bertz CT molecular complexity index is 825. The van der Waals surface area contributed by atoms with E-state index in [2.05, 4.69) is 21.2 Å². The van der Waals surface area contributed by atoms with Gasteiger partial charge in [0.15, 0.2) is 5.78 Å². The predicted octanol–water partition coefficient (Wildman–Crippen LogP) is 4.46. The first-order valence-corrected chi connectivity index (χ1v) is 8.37. The van der Waals surface area contributed by atoms with Gasteiger partial charge in [-0.3, -0.25) is 9.59 Å². The molecule has 0 fully saturated rings. The number of amides is 1. The third-order valence-electron chi connectivity index (χ3n) is 3.68. The topological polar surface area (TPSA) is 55.4 Å². The number of nitrogens with one attached hydrogen (secondary N) is 1. The van der Waals surface area contributed by atoms with Crippen LogP contribution in [0.4, 0.5) is 5.69 Å². The highest BCUT2D eigenvalue weighted by molar-refractivity contribution is 9.10. The second-order valence-corrected chi connectivity index (χ2v) is 6.46. The van der Waals surface area contributed by atoms with Crippen molar-refractivity contribution >= 4 is 39.4 Å². The second kappa shape index (κ2) is 7.01. The number of anilines is 1. The van der Waals surface area contributed by atoms with Crippen LogP contribution in [0.1, 0.15) is 29.3 Å². The van der Waals surface area contributed by atoms with Crippen molar-refractivity contribution in [3.05, 3.63) is 63.6 Å². The Morgan fingerprint density at radius 2 is 1.96 bits per heavy atom. The molecule has 2 aromatic carbocycles. The van der Waals surface area contributed by atoms with Crippen molar-refractivity contribution in [1.29, 1.82) is 0 Å². The summed E-state index contributed by atoms with van der Waals surface area (Å²) in [4.78, 5) is 23.8. The molecule has 0 aromatic heterocycles. The van der Waals surface area contributed by atoms with Crippen LogP contribution in [0, 0.1) is 0 Å². The minimum absolute atomic E-state index is 0.0130. The monoisotopic (exact) mass is 385 g/mol. The molecular formula is C19H16BrNO3. The van der Waals surface area contributed by atoms with Gasteiger partial charge in [-0.15, -0.1) is 0 Å². The van der Waals surface area contributed by atoms with Gasteiger partial charge in [0.05, 0.1) is 12.2 Å². The highest BCUT2D eigenvalue weighted by atomic mass is 79.9. The van der Waals surface area contributed by atoms with Crippen molar-refractivity contribution in [3.8, 4) is 5.75 Å². The average Bonchev–Trinajstić information content (AvgIpc) is 2.68. The van der Waals surface area contributed by atoms with E-state index in [1.165, 1.54) is 6.92 Å². The number of rotatable bonds is 2. The summed E-state index contributed by atoms with van der Waals surface area (Å²) < 4.78 is 6.58. The molecule has 0 radical (unpaired) electrons. The number of hydrogen-bond acceptors (Lipinski definition) is 3. The molecule has 3 rings (SSSR count). The Hall–Kier alpha value is -2.40. The normalized spacial score (nSPS) is 15.4. The highest BCUT2D eigenvalue weighted by Gasteiger charge is 2.21. The number of ketones is 1. The molecule has 1 N–H and O–H groups in total. The number of carbonyl (C=O) groups excluding carboxylic acids is 2. The number of carbonyl (C=O) groups is 2. The van der Waals surface area contributed by atoms with Crippen LogP contribution in [-0.2, 0) is 4.79 Å². The highest BCUT2D eigenvalue weighted by Crippen LogP contribution is 2.30. The zero-order valence-electron chi connectivity index (χ0n) is 13.1. The van der Waals surface area contributed by atoms with Crippen molar-refractivity contribution in [2.24, 2.45) is 0 Å². The van der Waals surface area contributed by atoms with Crippen LogP contribution in [0.15, 0.2) is 52.5 Å². The molecule has 1 heterocycles. The Morgan fingerprint density at radius 3 is 2.67 bits per heavy atom. The lowest BCUT2D eigenvalue weighted by Gasteiger charge is -2.06. The Kier molecular flexibility index (Phi) is 4.81. The fourth-order valence-electron chi connectivity index (χ4n) is 2.57. The molecule has 0 saturated carbocycles. The van der Waals surface area contributed by atoms with Crippen LogP contribution >= 0.6 is 15.9 Å². The van der Waals surface area contributed by atoms with Crippen molar-refractivity contribution in [2.75, 3.05) is 11.9 Å². The van der Waals surface area contributed by atoms with Crippen LogP contribution in [0.2, 0.25) is 0 Å². The standard InChI is InChI=1S/C19H16BrNO3/c1-12(22)21-16-5-2-13(3-6-16)10-14-8-9-24-18-11-15(20)4-7-17(18)19(14)23/h2-7,10-11H,8-9H2,1H3,(H,21,22)/b14-10+. The molecule has 0 spiro atoms. The van der Waals surface area contributed by atoms with Gasteiger partial charge >= 0.3 is 0 Å². The van der Waals surface area contributed by atoms with Crippen molar-refractivity contribution in [2.45, 2.75) is 13.3 Å². The van der Waals surface area contributed by atoms with Crippen LogP contribution in [0.5, 0.6) is 5.75 Å². The molecule has 1 aliphatic heterocycles. The van der Waals surface area contributed by atoms with Crippen molar-refractivity contribution in [1.82, 2.24) is 0 Å². The van der Waals surface area contributed by atoms with Gasteiger partial charge in [0.1, 0.15) is 5.75 Å². The minimum Gasteiger partial charge on any atom is -0.492 e. The number of halogens is 1. The first-order valence-electron chi connectivity index (χ1n) is 7.58. The van der Waals surface area contributed by atoms with E-state index in [0.717, 1.165) is 15.7 Å². The van der Waals surface area contributed by atoms with Gasteiger partial charge < -0.3 is 10.1 Å². The van der Waals surface area contributed by atoms with Gasteiger partial charge in [-0.2, -0.15) is 0 Å². The molecule has 0 atom stereocenters. The van der Waals surface area contributed by atoms with E-state index in [4.69, 9.17) is 4.74 Å². The van der Waals surface area contributed by atoms with Crippen LogP contribution in [-0.4, -0.2) is 18.3 Å². The lowest BCUT2D eigenvalue weighted by Crippen LogP contribution is -2.05. The number of benzene rings is 2. The Balaban J connectivity index is 1.88. The zero-order valence-corrected chi connectivity index (χ0v) is 14.7. The summed E-state index contributed by atoms with van der Waals surface area (Å²) in [7, 11) is 0. The quantitative estimate of drug-likeness (QED) is 0.776. The molecule has 0 aliphatic carbocycles. The van der Waals surface area contributed by atoms with E-state index in [1.807, 2.05) is 42.5 Å². The van der Waals surface area contributed by atoms with E-state index >= 15 is 0 Å². The summed E-state index contributed by atoms with van der Waals surface area (Å²) in [6.07, 6.45) is 2.43. The van der Waals surface area contributed by atoms with Gasteiger partial charge in [-0.25, -0.2) is 0 Å². The molecule has 122 valence electrons. The van der Waals surface area contributed by atoms with Gasteiger partial charge in [-0.1, -0.05) is 28.1 Å². The molecule has 0 bridgehead atoms. The first kappa shape index (κ1) is 16.5. The third kappa shape index (κ3) is 3.74. The van der Waals surface area contributed by atoms with E-state index in [1.54, 1.807) is 6.07 Å². The van der Waals surface area contributed by atoms with E-state index < -0.39 is 0 Å². The molecule has 0 unspecified atom stereocenters. The number of ether oxygens (including phenoxy) is 1. The van der Waals surface area contributed by atoms with Gasteiger partial charge in [-0.05, 0) is 42.0 Å². The lowest BCUT2D eigenvalue weighted by molar-refractivity contribution is -0.114. The summed E-state index contributed by atoms with van der Waals surface area (Å²) >= 11 is 3.39. The summed E-state index contributed by atoms with van der Waals surface area (Å²) in [6.45, 7) is 1.93. The third-order valence-corrected chi connectivity index (χ3v) is 4.17. The van der Waals surface area contributed by atoms with E-state index in [-0.39, 0.29) is 11.7 Å². The maximum Gasteiger partial charge on any atom is 0.221 e. The number of hydrogen-bond donors (Lipinski definition) is 1. The van der Waals surface area contributed by atoms with Gasteiger partial charge in [0.2, 0.25) is 5.91 Å². The Labute approximate surface area is 148 Å². The fourth-order valence-corrected chi connectivity index (χ4v) is 2.91. The molecule has 4 nitrogen and oxygen atoms in total. The molecule has 1 amide bonds. The maximum absolute atomic E-state index is 12.7. The molecule has 2 aromatic rings. The largest absolute Gasteiger partial charge is 0.492 e. The maximum atomic E-state index is 12.7. The summed E-state index contributed by atoms with van der Waals surface area (Å²) in [5, 5.41) is 2.72. The zero-order chi connectivity index (χ0) is 17.1. The molecule has 0 saturated heterocycles.